The van der Waals surface area contributed by atoms with E-state index in [1.54, 1.807) is 0 Å². The molecule has 1 aliphatic heterocycles. The number of aromatic nitrogens is 1. The summed E-state index contributed by atoms with van der Waals surface area (Å²) in [6, 6.07) is 23.3. The molecule has 0 saturated carbocycles. The molecule has 4 aromatic rings. The van der Waals surface area contributed by atoms with Crippen LogP contribution < -0.4 is 10.2 Å². The molecular formula is C33H34ClN3O2. The zero-order chi connectivity index (χ0) is 27.4. The monoisotopic (exact) mass is 539 g/mol. The van der Waals surface area contributed by atoms with Crippen LogP contribution in [0.4, 0.5) is 17.1 Å². The Morgan fingerprint density at radius 1 is 0.846 bits per heavy atom. The number of hydrogen-bond acceptors (Lipinski definition) is 4. The van der Waals surface area contributed by atoms with Crippen molar-refractivity contribution in [3.8, 4) is 0 Å². The van der Waals surface area contributed by atoms with Gasteiger partial charge in [-0.25, -0.2) is 0 Å². The van der Waals surface area contributed by atoms with Crippen molar-refractivity contribution in [1.29, 1.82) is 0 Å². The Labute approximate surface area is 235 Å². The average molecular weight is 540 g/mol. The lowest BCUT2D eigenvalue weighted by molar-refractivity contribution is 0.0985. The minimum atomic E-state index is 0.0752. The summed E-state index contributed by atoms with van der Waals surface area (Å²) >= 11 is 6.57. The summed E-state index contributed by atoms with van der Waals surface area (Å²) in [5.41, 5.74) is 6.09. The Morgan fingerprint density at radius 3 is 2.13 bits per heavy atom. The van der Waals surface area contributed by atoms with Gasteiger partial charge in [0, 0.05) is 67.9 Å². The second-order valence-electron chi connectivity index (χ2n) is 10.6. The molecule has 0 bridgehead atoms. The van der Waals surface area contributed by atoms with Crippen molar-refractivity contribution in [2.45, 2.75) is 32.6 Å². The van der Waals surface area contributed by atoms with Crippen molar-refractivity contribution in [1.82, 2.24) is 4.57 Å². The van der Waals surface area contributed by atoms with E-state index in [2.05, 4.69) is 29.3 Å². The van der Waals surface area contributed by atoms with E-state index >= 15 is 0 Å². The standard InChI is InChI=1S/C33H34ClN3O2/c1-23-13-17-37(18-14-23)29-10-6-26(7-11-29)32(38)21-25-5-12-31(30(34)19-25)35-28-8-3-24(4-9-28)20-33(39)27-15-16-36(2)22-27/h3-12,15-16,19,22-23,35H,13-14,17-18,20-21H2,1-2H3. The lowest BCUT2D eigenvalue weighted by Crippen LogP contribution is -2.32. The highest BCUT2D eigenvalue weighted by molar-refractivity contribution is 6.33. The van der Waals surface area contributed by atoms with Gasteiger partial charge in [0.1, 0.15) is 0 Å². The number of Topliss-reactive ketones (excluding diaryl/α,β-unsaturated/α-hetero) is 2. The van der Waals surface area contributed by atoms with Crippen molar-refractivity contribution in [3.05, 3.63) is 112 Å². The second-order valence-corrected chi connectivity index (χ2v) is 11.0. The number of aryl methyl sites for hydroxylation is 1. The Bertz CT molecular complexity index is 1450. The summed E-state index contributed by atoms with van der Waals surface area (Å²) in [7, 11) is 1.90. The van der Waals surface area contributed by atoms with E-state index in [9.17, 15) is 9.59 Å². The molecule has 1 fully saturated rings. The molecule has 1 aromatic heterocycles. The van der Waals surface area contributed by atoms with Crippen molar-refractivity contribution < 1.29 is 9.59 Å². The van der Waals surface area contributed by atoms with Crippen LogP contribution in [0.1, 0.15) is 51.6 Å². The van der Waals surface area contributed by atoms with E-state index < -0.39 is 0 Å². The van der Waals surface area contributed by atoms with Crippen molar-refractivity contribution in [2.75, 3.05) is 23.3 Å². The van der Waals surface area contributed by atoms with Crippen LogP contribution >= 0.6 is 11.6 Å². The SMILES string of the molecule is CC1CCN(c2ccc(C(=O)Cc3ccc(Nc4ccc(CC(=O)c5ccn(C)c5)cc4)c(Cl)c3)cc2)CC1. The van der Waals surface area contributed by atoms with Gasteiger partial charge in [0.15, 0.2) is 11.6 Å². The van der Waals surface area contributed by atoms with E-state index in [0.717, 1.165) is 41.5 Å². The molecule has 5 rings (SSSR count). The van der Waals surface area contributed by atoms with Gasteiger partial charge >= 0.3 is 0 Å². The Morgan fingerprint density at radius 2 is 1.49 bits per heavy atom. The van der Waals surface area contributed by atoms with Crippen LogP contribution in [0.2, 0.25) is 5.02 Å². The van der Waals surface area contributed by atoms with Gasteiger partial charge in [-0.15, -0.1) is 0 Å². The van der Waals surface area contributed by atoms with E-state index in [0.29, 0.717) is 29.0 Å². The normalized spacial score (nSPS) is 13.9. The third-order valence-corrected chi connectivity index (χ3v) is 7.80. The third kappa shape index (κ3) is 6.79. The smallest absolute Gasteiger partial charge is 0.168 e. The first kappa shape index (κ1) is 26.8. The van der Waals surface area contributed by atoms with E-state index in [4.69, 9.17) is 11.6 Å². The van der Waals surface area contributed by atoms with Gasteiger partial charge in [-0.05, 0) is 84.5 Å². The minimum absolute atomic E-state index is 0.0752. The lowest BCUT2D eigenvalue weighted by atomic mass is 9.98. The number of benzene rings is 3. The Kier molecular flexibility index (Phi) is 8.18. The summed E-state index contributed by atoms with van der Waals surface area (Å²) in [4.78, 5) is 27.8. The predicted molar refractivity (Wildman–Crippen MR) is 160 cm³/mol. The summed E-state index contributed by atoms with van der Waals surface area (Å²) in [6.45, 7) is 4.46. The summed E-state index contributed by atoms with van der Waals surface area (Å²) in [5.74, 6) is 0.960. The lowest BCUT2D eigenvalue weighted by Gasteiger charge is -2.32. The maximum absolute atomic E-state index is 12.9. The molecule has 39 heavy (non-hydrogen) atoms. The number of piperidine rings is 1. The van der Waals surface area contributed by atoms with Gasteiger partial charge in [-0.3, -0.25) is 9.59 Å². The molecule has 200 valence electrons. The van der Waals surface area contributed by atoms with E-state index in [1.165, 1.54) is 18.5 Å². The zero-order valence-electron chi connectivity index (χ0n) is 22.5. The number of nitrogens with one attached hydrogen (secondary N) is 1. The van der Waals surface area contributed by atoms with Gasteiger partial charge < -0.3 is 14.8 Å². The topological polar surface area (TPSA) is 54.3 Å². The number of halogens is 1. The number of nitrogens with zero attached hydrogens (tertiary/aromatic N) is 2. The van der Waals surface area contributed by atoms with Crippen LogP contribution in [0.3, 0.4) is 0 Å². The number of rotatable bonds is 9. The highest BCUT2D eigenvalue weighted by Gasteiger charge is 2.17. The predicted octanol–water partition coefficient (Wildman–Crippen LogP) is 7.51. The molecule has 1 N–H and O–H groups in total. The average Bonchev–Trinajstić information content (AvgIpc) is 3.38. The third-order valence-electron chi connectivity index (χ3n) is 7.49. The van der Waals surface area contributed by atoms with Gasteiger partial charge in [0.25, 0.3) is 0 Å². The number of carbonyl (C=O) groups is 2. The van der Waals surface area contributed by atoms with Crippen molar-refractivity contribution in [2.24, 2.45) is 13.0 Å². The number of carbonyl (C=O) groups excluding carboxylic acids is 2. The van der Waals surface area contributed by atoms with Gasteiger partial charge in [-0.1, -0.05) is 36.7 Å². The fourth-order valence-corrected chi connectivity index (χ4v) is 5.25. The summed E-state index contributed by atoms with van der Waals surface area (Å²) in [5, 5.41) is 3.88. The molecular weight excluding hydrogens is 506 g/mol. The van der Waals surface area contributed by atoms with E-state index in [-0.39, 0.29) is 11.6 Å². The first-order valence-electron chi connectivity index (χ1n) is 13.5. The van der Waals surface area contributed by atoms with Crippen LogP contribution in [0.5, 0.6) is 0 Å². The fourth-order valence-electron chi connectivity index (χ4n) is 5.00. The molecule has 5 nitrogen and oxygen atoms in total. The van der Waals surface area contributed by atoms with Crippen LogP contribution in [0.25, 0.3) is 0 Å². The first-order valence-corrected chi connectivity index (χ1v) is 13.9. The number of hydrogen-bond donors (Lipinski definition) is 1. The maximum Gasteiger partial charge on any atom is 0.168 e. The molecule has 0 amide bonds. The zero-order valence-corrected chi connectivity index (χ0v) is 23.2. The van der Waals surface area contributed by atoms with Gasteiger partial charge in [-0.2, -0.15) is 0 Å². The molecule has 1 aliphatic rings. The summed E-state index contributed by atoms with van der Waals surface area (Å²) < 4.78 is 1.87. The Hall–Kier alpha value is -3.83. The molecule has 2 heterocycles. The van der Waals surface area contributed by atoms with Crippen LogP contribution in [-0.4, -0.2) is 29.2 Å². The molecule has 0 spiro atoms. The van der Waals surface area contributed by atoms with Crippen LogP contribution in [-0.2, 0) is 19.9 Å². The molecule has 3 aromatic carbocycles. The molecule has 0 aliphatic carbocycles. The second kappa shape index (κ2) is 11.9. The molecule has 6 heteroatoms. The van der Waals surface area contributed by atoms with Gasteiger partial charge in [0.2, 0.25) is 0 Å². The molecule has 0 radical (unpaired) electrons. The fraction of sp³-hybridized carbons (Fsp3) is 0.273. The number of ketones is 2. The summed E-state index contributed by atoms with van der Waals surface area (Å²) in [6.07, 6.45) is 6.79. The number of anilines is 3. The van der Waals surface area contributed by atoms with Crippen LogP contribution in [0.15, 0.2) is 85.2 Å². The largest absolute Gasteiger partial charge is 0.372 e. The molecule has 0 unspecified atom stereocenters. The highest BCUT2D eigenvalue weighted by Crippen LogP contribution is 2.28. The Balaban J connectivity index is 1.16. The molecule has 0 atom stereocenters. The highest BCUT2D eigenvalue weighted by atomic mass is 35.5. The van der Waals surface area contributed by atoms with E-state index in [1.807, 2.05) is 84.7 Å². The van der Waals surface area contributed by atoms with Gasteiger partial charge in [0.05, 0.1) is 10.7 Å². The van der Waals surface area contributed by atoms with Crippen molar-refractivity contribution in [3.63, 3.8) is 0 Å². The first-order chi connectivity index (χ1) is 18.8. The van der Waals surface area contributed by atoms with Crippen molar-refractivity contribution >= 4 is 40.2 Å². The molecule has 1 saturated heterocycles. The van der Waals surface area contributed by atoms with Crippen LogP contribution in [0, 0.1) is 5.92 Å². The quantitative estimate of drug-likeness (QED) is 0.224. The maximum atomic E-state index is 12.9. The minimum Gasteiger partial charge on any atom is -0.372 e.